The number of halogens is 1. The van der Waals surface area contributed by atoms with Crippen LogP contribution in [0.5, 0.6) is 0 Å². The third-order valence-corrected chi connectivity index (χ3v) is 4.82. The van der Waals surface area contributed by atoms with Gasteiger partial charge in [-0.25, -0.2) is 8.42 Å². The summed E-state index contributed by atoms with van der Waals surface area (Å²) in [4.78, 5) is 11.2. The predicted molar refractivity (Wildman–Crippen MR) is 90.4 cm³/mol. The van der Waals surface area contributed by atoms with Crippen molar-refractivity contribution in [3.8, 4) is 0 Å². The third-order valence-electron chi connectivity index (χ3n) is 2.92. The van der Waals surface area contributed by atoms with Crippen LogP contribution in [0.25, 0.3) is 0 Å². The quantitative estimate of drug-likeness (QED) is 0.849. The summed E-state index contributed by atoms with van der Waals surface area (Å²) in [6.07, 6.45) is 0. The van der Waals surface area contributed by atoms with Gasteiger partial charge in [0.2, 0.25) is 5.91 Å². The number of hydrogen-bond acceptors (Lipinski definition) is 3. The molecule has 0 atom stereocenters. The summed E-state index contributed by atoms with van der Waals surface area (Å²) >= 11 is 3.30. The molecule has 7 heteroatoms. The summed E-state index contributed by atoms with van der Waals surface area (Å²) in [6, 6.07) is 11.4. The molecule has 0 aliphatic carbocycles. The normalized spacial score (nSPS) is 11.0. The van der Waals surface area contributed by atoms with Gasteiger partial charge in [0.25, 0.3) is 10.0 Å². The van der Waals surface area contributed by atoms with E-state index in [1.54, 1.807) is 37.3 Å². The van der Waals surface area contributed by atoms with Crippen LogP contribution in [0, 0.1) is 6.92 Å². The Morgan fingerprint density at radius 1 is 1.09 bits per heavy atom. The van der Waals surface area contributed by atoms with Crippen LogP contribution >= 0.6 is 15.9 Å². The van der Waals surface area contributed by atoms with Gasteiger partial charge in [0.15, 0.2) is 0 Å². The van der Waals surface area contributed by atoms with Crippen LogP contribution in [-0.2, 0) is 14.8 Å². The molecule has 0 aliphatic rings. The fourth-order valence-corrected chi connectivity index (χ4v) is 3.27. The second-order valence-corrected chi connectivity index (χ2v) is 7.37. The van der Waals surface area contributed by atoms with Crippen molar-refractivity contribution in [1.82, 2.24) is 0 Å². The summed E-state index contributed by atoms with van der Waals surface area (Å²) in [7, 11) is -3.67. The number of carbonyl (C=O) groups is 1. The van der Waals surface area contributed by atoms with Crippen molar-refractivity contribution in [2.24, 2.45) is 0 Å². The summed E-state index contributed by atoms with van der Waals surface area (Å²) in [5, 5.41) is 2.65. The maximum absolute atomic E-state index is 12.4. The van der Waals surface area contributed by atoms with E-state index in [1.807, 2.05) is 0 Å². The molecule has 116 valence electrons. The molecule has 2 rings (SSSR count). The molecule has 2 N–H and O–H groups in total. The molecular weight excluding hydrogens is 368 g/mol. The highest BCUT2D eigenvalue weighted by atomic mass is 79.9. The fourth-order valence-electron chi connectivity index (χ4n) is 1.87. The standard InChI is InChI=1S/C15H15BrN2O3S/c1-10-9-14(7-8-15(10)17-11(2)19)22(20,21)18-13-5-3-12(16)4-6-13/h3-9,18H,1-2H3,(H,17,19). The Morgan fingerprint density at radius 2 is 1.73 bits per heavy atom. The fraction of sp³-hybridized carbons (Fsp3) is 0.133. The molecule has 22 heavy (non-hydrogen) atoms. The average molecular weight is 383 g/mol. The maximum atomic E-state index is 12.4. The van der Waals surface area contributed by atoms with Crippen molar-refractivity contribution in [3.05, 3.63) is 52.5 Å². The SMILES string of the molecule is CC(=O)Nc1ccc(S(=O)(=O)Nc2ccc(Br)cc2)cc1C. The van der Waals surface area contributed by atoms with E-state index in [9.17, 15) is 13.2 Å². The largest absolute Gasteiger partial charge is 0.326 e. The monoisotopic (exact) mass is 382 g/mol. The summed E-state index contributed by atoms with van der Waals surface area (Å²) < 4.78 is 28.1. The van der Waals surface area contributed by atoms with Gasteiger partial charge in [-0.1, -0.05) is 15.9 Å². The number of aryl methyl sites for hydroxylation is 1. The number of benzene rings is 2. The first-order valence-electron chi connectivity index (χ1n) is 6.44. The maximum Gasteiger partial charge on any atom is 0.261 e. The van der Waals surface area contributed by atoms with Crippen LogP contribution in [-0.4, -0.2) is 14.3 Å². The molecule has 2 aromatic carbocycles. The highest BCUT2D eigenvalue weighted by Crippen LogP contribution is 2.22. The highest BCUT2D eigenvalue weighted by molar-refractivity contribution is 9.10. The van der Waals surface area contributed by atoms with Gasteiger partial charge in [-0.3, -0.25) is 9.52 Å². The number of nitrogens with one attached hydrogen (secondary N) is 2. The first kappa shape index (κ1) is 16.5. The van der Waals surface area contributed by atoms with Gasteiger partial charge in [0, 0.05) is 22.8 Å². The van der Waals surface area contributed by atoms with Crippen molar-refractivity contribution in [1.29, 1.82) is 0 Å². The lowest BCUT2D eigenvalue weighted by molar-refractivity contribution is -0.114. The average Bonchev–Trinajstić information content (AvgIpc) is 2.43. The molecule has 0 unspecified atom stereocenters. The number of rotatable bonds is 4. The highest BCUT2D eigenvalue weighted by Gasteiger charge is 2.15. The van der Waals surface area contributed by atoms with E-state index in [0.29, 0.717) is 16.9 Å². The molecule has 1 amide bonds. The number of sulfonamides is 1. The van der Waals surface area contributed by atoms with Gasteiger partial charge in [-0.15, -0.1) is 0 Å². The zero-order chi connectivity index (χ0) is 16.3. The van der Waals surface area contributed by atoms with Crippen LogP contribution in [0.2, 0.25) is 0 Å². The molecule has 0 saturated heterocycles. The third kappa shape index (κ3) is 4.08. The molecule has 0 radical (unpaired) electrons. The summed E-state index contributed by atoms with van der Waals surface area (Å²) in [5.41, 5.74) is 1.75. The number of amides is 1. The Bertz CT molecular complexity index is 802. The first-order chi connectivity index (χ1) is 10.3. The van der Waals surface area contributed by atoms with E-state index in [0.717, 1.165) is 4.47 Å². The smallest absolute Gasteiger partial charge is 0.261 e. The second-order valence-electron chi connectivity index (χ2n) is 4.77. The second kappa shape index (κ2) is 6.50. The van der Waals surface area contributed by atoms with Crippen molar-refractivity contribution < 1.29 is 13.2 Å². The van der Waals surface area contributed by atoms with Crippen molar-refractivity contribution in [2.75, 3.05) is 10.0 Å². The molecule has 0 bridgehead atoms. The van der Waals surface area contributed by atoms with Crippen LogP contribution in [0.3, 0.4) is 0 Å². The molecule has 0 saturated carbocycles. The molecule has 0 heterocycles. The van der Waals surface area contributed by atoms with Crippen LogP contribution < -0.4 is 10.0 Å². The van der Waals surface area contributed by atoms with Gasteiger partial charge in [-0.05, 0) is 55.0 Å². The Hall–Kier alpha value is -1.86. The first-order valence-corrected chi connectivity index (χ1v) is 8.72. The van der Waals surface area contributed by atoms with E-state index in [2.05, 4.69) is 26.0 Å². The molecular formula is C15H15BrN2O3S. The van der Waals surface area contributed by atoms with Crippen LogP contribution in [0.1, 0.15) is 12.5 Å². The van der Waals surface area contributed by atoms with Crippen molar-refractivity contribution in [3.63, 3.8) is 0 Å². The van der Waals surface area contributed by atoms with E-state index in [-0.39, 0.29) is 10.8 Å². The topological polar surface area (TPSA) is 75.3 Å². The van der Waals surface area contributed by atoms with Gasteiger partial charge < -0.3 is 5.32 Å². The summed E-state index contributed by atoms with van der Waals surface area (Å²) in [5.74, 6) is -0.202. The van der Waals surface area contributed by atoms with Gasteiger partial charge in [0.1, 0.15) is 0 Å². The van der Waals surface area contributed by atoms with Crippen molar-refractivity contribution in [2.45, 2.75) is 18.7 Å². The van der Waals surface area contributed by atoms with Crippen LogP contribution in [0.15, 0.2) is 51.8 Å². The molecule has 5 nitrogen and oxygen atoms in total. The van der Waals surface area contributed by atoms with E-state index < -0.39 is 10.0 Å². The van der Waals surface area contributed by atoms with Gasteiger partial charge >= 0.3 is 0 Å². The van der Waals surface area contributed by atoms with Crippen LogP contribution in [0.4, 0.5) is 11.4 Å². The summed E-state index contributed by atoms with van der Waals surface area (Å²) in [6.45, 7) is 3.14. The number of anilines is 2. The minimum Gasteiger partial charge on any atom is -0.326 e. The Morgan fingerprint density at radius 3 is 2.27 bits per heavy atom. The van der Waals surface area contributed by atoms with E-state index >= 15 is 0 Å². The minimum absolute atomic E-state index is 0.141. The Balaban J connectivity index is 2.27. The van der Waals surface area contributed by atoms with E-state index in [4.69, 9.17) is 0 Å². The van der Waals surface area contributed by atoms with Gasteiger partial charge in [0.05, 0.1) is 4.90 Å². The lowest BCUT2D eigenvalue weighted by Gasteiger charge is -2.11. The van der Waals surface area contributed by atoms with Crippen molar-refractivity contribution >= 4 is 43.2 Å². The Labute approximate surface area is 137 Å². The Kier molecular flexibility index (Phi) is 4.87. The minimum atomic E-state index is -3.67. The predicted octanol–water partition coefficient (Wildman–Crippen LogP) is 3.52. The van der Waals surface area contributed by atoms with Gasteiger partial charge in [-0.2, -0.15) is 0 Å². The molecule has 2 aromatic rings. The zero-order valence-electron chi connectivity index (χ0n) is 12.1. The number of carbonyl (C=O) groups excluding carboxylic acids is 1. The molecule has 0 aliphatic heterocycles. The van der Waals surface area contributed by atoms with E-state index in [1.165, 1.54) is 19.1 Å². The zero-order valence-corrected chi connectivity index (χ0v) is 14.5. The lowest BCUT2D eigenvalue weighted by Crippen LogP contribution is -2.14. The molecule has 0 spiro atoms. The molecule has 0 fully saturated rings. The molecule has 0 aromatic heterocycles. The lowest BCUT2D eigenvalue weighted by atomic mass is 10.2. The number of hydrogen-bond donors (Lipinski definition) is 2.